The molecular formula is C23H39N3O. The Balaban J connectivity index is 1.44. The Kier molecular flexibility index (Phi) is 7.71. The van der Waals surface area contributed by atoms with E-state index in [1.54, 1.807) is 0 Å². The van der Waals surface area contributed by atoms with Crippen molar-refractivity contribution in [2.75, 3.05) is 66.1 Å². The van der Waals surface area contributed by atoms with Gasteiger partial charge in [0.2, 0.25) is 0 Å². The van der Waals surface area contributed by atoms with Gasteiger partial charge in [0.05, 0.1) is 13.2 Å². The molecule has 2 heterocycles. The van der Waals surface area contributed by atoms with Crippen LogP contribution in [0.3, 0.4) is 0 Å². The van der Waals surface area contributed by atoms with Crippen molar-refractivity contribution in [2.24, 2.45) is 5.41 Å². The maximum Gasteiger partial charge on any atom is 0.0594 e. The van der Waals surface area contributed by atoms with Crippen LogP contribution in [0.25, 0.3) is 0 Å². The molecule has 1 atom stereocenters. The summed E-state index contributed by atoms with van der Waals surface area (Å²) in [6, 6.07) is 11.6. The Labute approximate surface area is 166 Å². The van der Waals surface area contributed by atoms with Gasteiger partial charge >= 0.3 is 0 Å². The van der Waals surface area contributed by atoms with Crippen LogP contribution >= 0.6 is 0 Å². The molecule has 1 aromatic carbocycles. The molecule has 2 fully saturated rings. The minimum atomic E-state index is 0.318. The summed E-state index contributed by atoms with van der Waals surface area (Å²) >= 11 is 0. The predicted octanol–water partition coefficient (Wildman–Crippen LogP) is 2.98. The number of rotatable bonds is 8. The summed E-state index contributed by atoms with van der Waals surface area (Å²) in [5, 5.41) is 0. The van der Waals surface area contributed by atoms with E-state index in [0.717, 1.165) is 26.3 Å². The number of morpholine rings is 1. The highest BCUT2D eigenvalue weighted by molar-refractivity contribution is 5.14. The van der Waals surface area contributed by atoms with E-state index in [9.17, 15) is 0 Å². The average molecular weight is 374 g/mol. The molecule has 27 heavy (non-hydrogen) atoms. The number of nitrogens with zero attached hydrogens (tertiary/aromatic N) is 3. The summed E-state index contributed by atoms with van der Waals surface area (Å²) in [5.74, 6) is 0. The van der Waals surface area contributed by atoms with E-state index in [2.05, 4.69) is 65.9 Å². The number of likely N-dealkylation sites (tertiary alicyclic amines) is 1. The van der Waals surface area contributed by atoms with Gasteiger partial charge in [0.1, 0.15) is 0 Å². The second-order valence-corrected chi connectivity index (χ2v) is 9.30. The molecule has 0 aliphatic carbocycles. The highest BCUT2D eigenvalue weighted by atomic mass is 16.5. The van der Waals surface area contributed by atoms with Crippen molar-refractivity contribution in [1.29, 1.82) is 0 Å². The van der Waals surface area contributed by atoms with Crippen molar-refractivity contribution < 1.29 is 4.74 Å². The van der Waals surface area contributed by atoms with Gasteiger partial charge in [-0.3, -0.25) is 4.90 Å². The van der Waals surface area contributed by atoms with Gasteiger partial charge in [-0.15, -0.1) is 0 Å². The van der Waals surface area contributed by atoms with Gasteiger partial charge in [0, 0.05) is 45.3 Å². The van der Waals surface area contributed by atoms with Crippen LogP contribution in [0.5, 0.6) is 0 Å². The molecule has 0 saturated carbocycles. The molecule has 0 unspecified atom stereocenters. The van der Waals surface area contributed by atoms with Crippen molar-refractivity contribution >= 4 is 0 Å². The first-order chi connectivity index (χ1) is 13.0. The average Bonchev–Trinajstić information content (AvgIpc) is 2.67. The lowest BCUT2D eigenvalue weighted by molar-refractivity contribution is 0.0106. The third-order valence-corrected chi connectivity index (χ3v) is 6.10. The van der Waals surface area contributed by atoms with E-state index >= 15 is 0 Å². The van der Waals surface area contributed by atoms with E-state index in [-0.39, 0.29) is 0 Å². The first kappa shape index (κ1) is 20.8. The highest BCUT2D eigenvalue weighted by Crippen LogP contribution is 2.23. The van der Waals surface area contributed by atoms with Crippen molar-refractivity contribution in [3.8, 4) is 0 Å². The highest BCUT2D eigenvalue weighted by Gasteiger charge is 2.29. The number of likely N-dealkylation sites (N-methyl/N-ethyl adjacent to an activating group) is 1. The zero-order chi connectivity index (χ0) is 19.1. The molecule has 0 radical (unpaired) electrons. The molecule has 2 aliphatic rings. The van der Waals surface area contributed by atoms with Gasteiger partial charge in [-0.05, 0) is 43.8 Å². The molecule has 0 amide bonds. The number of benzene rings is 1. The molecule has 0 aromatic heterocycles. The molecule has 1 aromatic rings. The third-order valence-electron chi connectivity index (χ3n) is 6.10. The lowest BCUT2D eigenvalue weighted by Crippen LogP contribution is -2.51. The molecule has 0 bridgehead atoms. The Bertz CT molecular complexity index is 542. The summed E-state index contributed by atoms with van der Waals surface area (Å²) < 4.78 is 5.50. The molecule has 4 nitrogen and oxygen atoms in total. The van der Waals surface area contributed by atoms with Crippen LogP contribution in [0, 0.1) is 5.41 Å². The number of hydrogen-bond donors (Lipinski definition) is 0. The van der Waals surface area contributed by atoms with Crippen molar-refractivity contribution in [3.05, 3.63) is 35.9 Å². The summed E-state index contributed by atoms with van der Waals surface area (Å²) in [6.07, 6.45) is 3.83. The SMILES string of the molecule is CN(CC(C)(C)CN1CCOCC1)[C@@H]1CCCN(CCc2ccccc2)C1. The van der Waals surface area contributed by atoms with Crippen molar-refractivity contribution in [2.45, 2.75) is 39.2 Å². The van der Waals surface area contributed by atoms with E-state index in [1.807, 2.05) is 0 Å². The molecule has 152 valence electrons. The van der Waals surface area contributed by atoms with E-state index in [1.165, 1.54) is 57.5 Å². The van der Waals surface area contributed by atoms with Gasteiger partial charge in [-0.1, -0.05) is 44.2 Å². The van der Waals surface area contributed by atoms with Crippen LogP contribution in [-0.2, 0) is 11.2 Å². The molecule has 2 aliphatic heterocycles. The van der Waals surface area contributed by atoms with Crippen molar-refractivity contribution in [1.82, 2.24) is 14.7 Å². The lowest BCUT2D eigenvalue weighted by Gasteiger charge is -2.42. The minimum Gasteiger partial charge on any atom is -0.379 e. The monoisotopic (exact) mass is 373 g/mol. The Morgan fingerprint density at radius 3 is 2.56 bits per heavy atom. The maximum atomic E-state index is 5.50. The Hall–Kier alpha value is -0.940. The summed E-state index contributed by atoms with van der Waals surface area (Å²) in [7, 11) is 2.34. The second kappa shape index (κ2) is 10.0. The van der Waals surface area contributed by atoms with Crippen LogP contribution in [-0.4, -0.2) is 86.8 Å². The van der Waals surface area contributed by atoms with Gasteiger partial charge < -0.3 is 14.5 Å². The quantitative estimate of drug-likeness (QED) is 0.697. The normalized spacial score (nSPS) is 23.0. The number of hydrogen-bond acceptors (Lipinski definition) is 4. The fourth-order valence-corrected chi connectivity index (χ4v) is 4.74. The molecule has 4 heteroatoms. The Morgan fingerprint density at radius 2 is 1.81 bits per heavy atom. The molecule has 3 rings (SSSR count). The summed E-state index contributed by atoms with van der Waals surface area (Å²) in [6.45, 7) is 14.8. The van der Waals surface area contributed by atoms with Crippen LogP contribution in [0.4, 0.5) is 0 Å². The van der Waals surface area contributed by atoms with Gasteiger partial charge in [-0.25, -0.2) is 0 Å². The first-order valence-electron chi connectivity index (χ1n) is 10.8. The van der Waals surface area contributed by atoms with Gasteiger partial charge in [0.25, 0.3) is 0 Å². The largest absolute Gasteiger partial charge is 0.379 e. The number of ether oxygens (including phenoxy) is 1. The van der Waals surface area contributed by atoms with Gasteiger partial charge in [0.15, 0.2) is 0 Å². The van der Waals surface area contributed by atoms with Crippen LogP contribution < -0.4 is 0 Å². The van der Waals surface area contributed by atoms with Crippen molar-refractivity contribution in [3.63, 3.8) is 0 Å². The zero-order valence-corrected chi connectivity index (χ0v) is 17.7. The molecular weight excluding hydrogens is 334 g/mol. The molecule has 0 N–H and O–H groups in total. The second-order valence-electron chi connectivity index (χ2n) is 9.30. The number of piperidine rings is 1. The topological polar surface area (TPSA) is 19.0 Å². The van der Waals surface area contributed by atoms with E-state index in [4.69, 9.17) is 4.74 Å². The third kappa shape index (κ3) is 6.86. The van der Waals surface area contributed by atoms with Crippen LogP contribution in [0.1, 0.15) is 32.3 Å². The lowest BCUT2D eigenvalue weighted by atomic mass is 9.90. The van der Waals surface area contributed by atoms with Crippen LogP contribution in [0.2, 0.25) is 0 Å². The Morgan fingerprint density at radius 1 is 1.07 bits per heavy atom. The van der Waals surface area contributed by atoms with Crippen LogP contribution in [0.15, 0.2) is 30.3 Å². The fraction of sp³-hybridized carbons (Fsp3) is 0.739. The molecule has 2 saturated heterocycles. The van der Waals surface area contributed by atoms with E-state index in [0.29, 0.717) is 11.5 Å². The summed E-state index contributed by atoms with van der Waals surface area (Å²) in [5.41, 5.74) is 1.78. The standard InChI is InChI=1S/C23H39N3O/c1-23(2,20-26-14-16-27-17-15-26)19-24(3)22-10-7-12-25(18-22)13-11-21-8-5-4-6-9-21/h4-6,8-9,22H,7,10-20H2,1-3H3/t22-/m1/s1. The smallest absolute Gasteiger partial charge is 0.0594 e. The summed E-state index contributed by atoms with van der Waals surface area (Å²) in [4.78, 5) is 7.88. The van der Waals surface area contributed by atoms with E-state index < -0.39 is 0 Å². The maximum absolute atomic E-state index is 5.50. The fourth-order valence-electron chi connectivity index (χ4n) is 4.74. The molecule has 0 spiro atoms. The minimum absolute atomic E-state index is 0.318. The first-order valence-corrected chi connectivity index (χ1v) is 10.8. The predicted molar refractivity (Wildman–Crippen MR) is 113 cm³/mol. The zero-order valence-electron chi connectivity index (χ0n) is 17.7. The van der Waals surface area contributed by atoms with Gasteiger partial charge in [-0.2, -0.15) is 0 Å².